The zero-order valence-corrected chi connectivity index (χ0v) is 11.6. The molecule has 1 aliphatic rings. The van der Waals surface area contributed by atoms with Crippen LogP contribution in [0.4, 0.5) is 0 Å². The van der Waals surface area contributed by atoms with Crippen molar-refractivity contribution < 1.29 is 14.6 Å². The number of nitrogens with zero attached hydrogens (tertiary/aromatic N) is 1. The minimum atomic E-state index is -0.601. The molecule has 1 aliphatic carbocycles. The fraction of sp³-hybridized carbons (Fsp3) is 0.714. The molecule has 0 spiro atoms. The third-order valence-electron chi connectivity index (χ3n) is 3.69. The number of hydrazone groups is 1. The molecule has 2 N–H and O–H groups in total. The molecule has 19 heavy (non-hydrogen) atoms. The van der Waals surface area contributed by atoms with Crippen molar-refractivity contribution in [3.05, 3.63) is 11.8 Å². The minimum Gasteiger partial charge on any atom is -0.503 e. The number of carbonyl (C=O) groups excluding carboxylic acids is 1. The zero-order chi connectivity index (χ0) is 14.1. The van der Waals surface area contributed by atoms with Gasteiger partial charge in [-0.05, 0) is 50.5 Å². The van der Waals surface area contributed by atoms with Crippen LogP contribution in [-0.4, -0.2) is 30.9 Å². The smallest absolute Gasteiger partial charge is 0.305 e. The summed E-state index contributed by atoms with van der Waals surface area (Å²) in [7, 11) is 1.78. The number of aliphatic hydroxyl groups excluding tert-OH is 1. The summed E-state index contributed by atoms with van der Waals surface area (Å²) in [6.45, 7) is 3.12. The summed E-state index contributed by atoms with van der Waals surface area (Å²) < 4.78 is 5.34. The van der Waals surface area contributed by atoms with Gasteiger partial charge < -0.3 is 9.84 Å². The number of allylic oxidation sites excluding steroid dienone is 1. The van der Waals surface area contributed by atoms with E-state index in [1.165, 1.54) is 12.8 Å². The molecule has 0 unspecified atom stereocenters. The fourth-order valence-electron chi connectivity index (χ4n) is 2.52. The second kappa shape index (κ2) is 8.69. The SMILES string of the molecule is C=NNC(=O)/C(O)=C\CCCC1CCC(OC)CC1. The van der Waals surface area contributed by atoms with E-state index in [0.29, 0.717) is 12.5 Å². The second-order valence-electron chi connectivity index (χ2n) is 5.00. The van der Waals surface area contributed by atoms with Gasteiger partial charge in [0.2, 0.25) is 0 Å². The van der Waals surface area contributed by atoms with E-state index in [4.69, 9.17) is 4.74 Å². The highest BCUT2D eigenvalue weighted by molar-refractivity contribution is 5.90. The third kappa shape index (κ3) is 5.87. The average molecular weight is 268 g/mol. The van der Waals surface area contributed by atoms with Gasteiger partial charge in [0.25, 0.3) is 0 Å². The number of unbranched alkanes of at least 4 members (excludes halogenated alkanes) is 1. The first-order valence-electron chi connectivity index (χ1n) is 6.85. The van der Waals surface area contributed by atoms with Gasteiger partial charge in [-0.1, -0.05) is 6.42 Å². The molecule has 0 radical (unpaired) electrons. The van der Waals surface area contributed by atoms with Gasteiger partial charge in [-0.2, -0.15) is 5.10 Å². The molecule has 5 heteroatoms. The van der Waals surface area contributed by atoms with E-state index in [1.807, 2.05) is 0 Å². The van der Waals surface area contributed by atoms with Gasteiger partial charge in [0.15, 0.2) is 5.76 Å². The highest BCUT2D eigenvalue weighted by atomic mass is 16.5. The molecular formula is C14H24N2O3. The first-order chi connectivity index (χ1) is 9.17. The molecular weight excluding hydrogens is 244 g/mol. The van der Waals surface area contributed by atoms with Gasteiger partial charge >= 0.3 is 5.91 Å². The number of aliphatic hydroxyl groups is 1. The Bertz CT molecular complexity index is 321. The molecule has 0 aromatic heterocycles. The van der Waals surface area contributed by atoms with E-state index in [-0.39, 0.29) is 5.76 Å². The lowest BCUT2D eigenvalue weighted by molar-refractivity contribution is -0.119. The first-order valence-corrected chi connectivity index (χ1v) is 6.85. The average Bonchev–Trinajstić information content (AvgIpc) is 2.44. The summed E-state index contributed by atoms with van der Waals surface area (Å²) >= 11 is 0. The quantitative estimate of drug-likeness (QED) is 0.245. The molecule has 0 bridgehead atoms. The summed E-state index contributed by atoms with van der Waals surface area (Å²) in [5.74, 6) is -0.128. The Balaban J connectivity index is 2.15. The minimum absolute atomic E-state index is 0.282. The monoisotopic (exact) mass is 268 g/mol. The van der Waals surface area contributed by atoms with Gasteiger partial charge in [-0.15, -0.1) is 0 Å². The molecule has 0 atom stereocenters. The summed E-state index contributed by atoms with van der Waals surface area (Å²) in [6, 6.07) is 0. The molecule has 5 nitrogen and oxygen atoms in total. The van der Waals surface area contributed by atoms with Crippen LogP contribution in [-0.2, 0) is 9.53 Å². The molecule has 0 heterocycles. The maximum atomic E-state index is 11.1. The fourth-order valence-corrected chi connectivity index (χ4v) is 2.52. The van der Waals surface area contributed by atoms with Crippen molar-refractivity contribution in [1.29, 1.82) is 0 Å². The molecule has 0 aromatic carbocycles. The Hall–Kier alpha value is -1.36. The Morgan fingerprint density at radius 2 is 2.16 bits per heavy atom. The standard InChI is InChI=1S/C14H24N2O3/c1-15-16-14(18)13(17)6-4-3-5-11-7-9-12(19-2)10-8-11/h6,11-12,17H,1,3-5,7-10H2,2H3,(H,16,18)/b13-6+. The van der Waals surface area contributed by atoms with E-state index in [2.05, 4.69) is 17.2 Å². The highest BCUT2D eigenvalue weighted by Gasteiger charge is 2.20. The van der Waals surface area contributed by atoms with Crippen molar-refractivity contribution in [1.82, 2.24) is 5.43 Å². The Morgan fingerprint density at radius 3 is 2.74 bits per heavy atom. The predicted molar refractivity (Wildman–Crippen MR) is 75.0 cm³/mol. The topological polar surface area (TPSA) is 70.9 Å². The number of nitrogens with one attached hydrogen (secondary N) is 1. The normalized spacial score (nSPS) is 23.9. The number of hydrogen-bond donors (Lipinski definition) is 2. The van der Waals surface area contributed by atoms with Crippen LogP contribution < -0.4 is 5.43 Å². The molecule has 1 amide bonds. The van der Waals surface area contributed by atoms with E-state index >= 15 is 0 Å². The maximum Gasteiger partial charge on any atom is 0.305 e. The van der Waals surface area contributed by atoms with Gasteiger partial charge in [0.1, 0.15) is 0 Å². The highest BCUT2D eigenvalue weighted by Crippen LogP contribution is 2.29. The molecule has 0 aliphatic heterocycles. The number of methoxy groups -OCH3 is 1. The molecule has 1 fully saturated rings. The Labute approximate surface area is 114 Å². The molecule has 0 aromatic rings. The maximum absolute atomic E-state index is 11.1. The van der Waals surface area contributed by atoms with E-state index in [9.17, 15) is 9.90 Å². The Morgan fingerprint density at radius 1 is 1.47 bits per heavy atom. The summed E-state index contributed by atoms with van der Waals surface area (Å²) in [5.41, 5.74) is 2.09. The molecule has 1 saturated carbocycles. The number of carbonyl (C=O) groups is 1. The Kier molecular flexibility index (Phi) is 7.18. The van der Waals surface area contributed by atoms with E-state index < -0.39 is 5.91 Å². The van der Waals surface area contributed by atoms with Crippen LogP contribution in [0.3, 0.4) is 0 Å². The summed E-state index contributed by atoms with van der Waals surface area (Å²) in [5, 5.41) is 12.6. The van der Waals surface area contributed by atoms with Crippen molar-refractivity contribution in [2.45, 2.75) is 51.0 Å². The number of amides is 1. The van der Waals surface area contributed by atoms with Crippen LogP contribution in [0.25, 0.3) is 0 Å². The molecule has 0 saturated heterocycles. The van der Waals surface area contributed by atoms with Gasteiger partial charge in [-0.3, -0.25) is 4.79 Å². The van der Waals surface area contributed by atoms with Gasteiger partial charge in [0, 0.05) is 13.8 Å². The second-order valence-corrected chi connectivity index (χ2v) is 5.00. The number of ether oxygens (including phenoxy) is 1. The van der Waals surface area contributed by atoms with Crippen LogP contribution in [0.1, 0.15) is 44.9 Å². The number of hydrogen-bond acceptors (Lipinski definition) is 4. The molecule has 108 valence electrons. The lowest BCUT2D eigenvalue weighted by Gasteiger charge is -2.27. The lowest BCUT2D eigenvalue weighted by atomic mass is 9.84. The van der Waals surface area contributed by atoms with Crippen molar-refractivity contribution in [2.75, 3.05) is 7.11 Å². The predicted octanol–water partition coefficient (Wildman–Crippen LogP) is 2.54. The van der Waals surface area contributed by atoms with Crippen LogP contribution in [0.2, 0.25) is 0 Å². The molecule has 1 rings (SSSR count). The van der Waals surface area contributed by atoms with Crippen molar-refractivity contribution in [3.8, 4) is 0 Å². The van der Waals surface area contributed by atoms with E-state index in [0.717, 1.165) is 31.6 Å². The first kappa shape index (κ1) is 15.7. The van der Waals surface area contributed by atoms with Crippen LogP contribution >= 0.6 is 0 Å². The van der Waals surface area contributed by atoms with Crippen molar-refractivity contribution in [3.63, 3.8) is 0 Å². The van der Waals surface area contributed by atoms with Crippen LogP contribution in [0, 0.1) is 5.92 Å². The largest absolute Gasteiger partial charge is 0.503 e. The van der Waals surface area contributed by atoms with Crippen molar-refractivity contribution >= 4 is 12.6 Å². The number of rotatable bonds is 7. The van der Waals surface area contributed by atoms with Crippen LogP contribution in [0.15, 0.2) is 16.9 Å². The zero-order valence-electron chi connectivity index (χ0n) is 11.6. The summed E-state index contributed by atoms with van der Waals surface area (Å²) in [4.78, 5) is 11.1. The van der Waals surface area contributed by atoms with Gasteiger partial charge in [-0.25, -0.2) is 5.43 Å². The van der Waals surface area contributed by atoms with Crippen LogP contribution in [0.5, 0.6) is 0 Å². The summed E-state index contributed by atoms with van der Waals surface area (Å²) in [6.07, 6.45) is 9.55. The van der Waals surface area contributed by atoms with Crippen molar-refractivity contribution in [2.24, 2.45) is 11.0 Å². The van der Waals surface area contributed by atoms with Gasteiger partial charge in [0.05, 0.1) is 6.10 Å². The lowest BCUT2D eigenvalue weighted by Crippen LogP contribution is -2.20. The van der Waals surface area contributed by atoms with E-state index in [1.54, 1.807) is 13.2 Å². The third-order valence-corrected chi connectivity index (χ3v) is 3.69.